The molecular weight excluding hydrogens is 295 g/mol. The van der Waals surface area contributed by atoms with E-state index in [2.05, 4.69) is 53.6 Å². The number of aromatic nitrogens is 2. The van der Waals surface area contributed by atoms with Gasteiger partial charge in [0.1, 0.15) is 11.6 Å². The molecule has 98 valence electrons. The normalized spacial score (nSPS) is 14.1. The second kappa shape index (κ2) is 4.65. The summed E-state index contributed by atoms with van der Waals surface area (Å²) >= 11 is 3.18. The fourth-order valence-electron chi connectivity index (χ4n) is 1.75. The number of H-pyrrole nitrogens is 1. The number of imidazole rings is 1. The van der Waals surface area contributed by atoms with Crippen molar-refractivity contribution in [3.8, 4) is 0 Å². The van der Waals surface area contributed by atoms with E-state index in [9.17, 15) is 4.39 Å². The third-order valence-corrected chi connectivity index (χ3v) is 4.16. The highest BCUT2D eigenvalue weighted by Crippen LogP contribution is 2.29. The Morgan fingerprint density at radius 2 is 2.06 bits per heavy atom. The second-order valence-electron chi connectivity index (χ2n) is 5.94. The van der Waals surface area contributed by atoms with E-state index >= 15 is 0 Å². The molecule has 2 rings (SSSR count). The zero-order valence-electron chi connectivity index (χ0n) is 11.1. The van der Waals surface area contributed by atoms with Gasteiger partial charge in [-0.3, -0.25) is 0 Å². The van der Waals surface area contributed by atoms with Crippen LogP contribution in [0.15, 0.2) is 16.6 Å². The summed E-state index contributed by atoms with van der Waals surface area (Å²) in [6.07, 6.45) is 0.872. The summed E-state index contributed by atoms with van der Waals surface area (Å²) in [6, 6.07) is 3.20. The van der Waals surface area contributed by atoms with Crippen molar-refractivity contribution >= 4 is 27.0 Å². The number of rotatable bonds is 2. The van der Waals surface area contributed by atoms with Gasteiger partial charge < -0.3 is 4.98 Å². The van der Waals surface area contributed by atoms with Crippen LogP contribution in [0.1, 0.15) is 33.5 Å². The molecule has 0 amide bonds. The van der Waals surface area contributed by atoms with Gasteiger partial charge in [-0.1, -0.05) is 27.7 Å². The van der Waals surface area contributed by atoms with Gasteiger partial charge in [0, 0.05) is 12.5 Å². The zero-order chi connectivity index (χ0) is 13.5. The highest BCUT2D eigenvalue weighted by atomic mass is 79.9. The third-order valence-electron chi connectivity index (χ3n) is 3.55. The molecule has 0 aliphatic heterocycles. The van der Waals surface area contributed by atoms with E-state index in [1.54, 1.807) is 6.07 Å². The molecule has 1 aromatic heterocycles. The van der Waals surface area contributed by atoms with Crippen LogP contribution in [-0.4, -0.2) is 9.97 Å². The number of nitrogens with one attached hydrogen (secondary N) is 1. The van der Waals surface area contributed by atoms with Crippen molar-refractivity contribution in [1.82, 2.24) is 9.97 Å². The number of nitrogens with zero attached hydrogens (tertiary/aromatic N) is 1. The molecule has 1 N–H and O–H groups in total. The minimum atomic E-state index is -0.262. The quantitative estimate of drug-likeness (QED) is 0.856. The van der Waals surface area contributed by atoms with E-state index in [1.165, 1.54) is 6.07 Å². The summed E-state index contributed by atoms with van der Waals surface area (Å²) in [5.41, 5.74) is 1.80. The standard InChI is InChI=1S/C14H18BrFN2/c1-8(14(2,3)4)5-13-17-11-6-9(15)10(16)7-12(11)18-13/h6-8H,5H2,1-4H3,(H,17,18). The number of fused-ring (bicyclic) bond motifs is 1. The SMILES string of the molecule is CC(Cc1nc2cc(Br)c(F)cc2[nH]1)C(C)(C)C. The summed E-state index contributed by atoms with van der Waals surface area (Å²) in [5, 5.41) is 0. The van der Waals surface area contributed by atoms with Crippen molar-refractivity contribution in [2.45, 2.75) is 34.1 Å². The fourth-order valence-corrected chi connectivity index (χ4v) is 2.08. The molecule has 0 fully saturated rings. The second-order valence-corrected chi connectivity index (χ2v) is 6.79. The summed E-state index contributed by atoms with van der Waals surface area (Å²) < 4.78 is 13.9. The molecule has 1 aromatic carbocycles. The van der Waals surface area contributed by atoms with E-state index in [4.69, 9.17) is 0 Å². The minimum absolute atomic E-state index is 0.241. The Morgan fingerprint density at radius 1 is 1.39 bits per heavy atom. The number of aromatic amines is 1. The molecule has 0 saturated carbocycles. The highest BCUT2D eigenvalue weighted by molar-refractivity contribution is 9.10. The molecule has 1 heterocycles. The summed E-state index contributed by atoms with van der Waals surface area (Å²) in [7, 11) is 0. The van der Waals surface area contributed by atoms with Crippen molar-refractivity contribution in [3.63, 3.8) is 0 Å². The van der Waals surface area contributed by atoms with E-state index in [1.807, 2.05) is 0 Å². The highest BCUT2D eigenvalue weighted by Gasteiger charge is 2.21. The van der Waals surface area contributed by atoms with E-state index < -0.39 is 0 Å². The smallest absolute Gasteiger partial charge is 0.139 e. The topological polar surface area (TPSA) is 28.7 Å². The van der Waals surface area contributed by atoms with Crippen molar-refractivity contribution in [2.75, 3.05) is 0 Å². The first kappa shape index (κ1) is 13.5. The first-order valence-electron chi connectivity index (χ1n) is 6.11. The Kier molecular flexibility index (Phi) is 3.49. The maximum Gasteiger partial charge on any atom is 0.139 e. The molecule has 0 bridgehead atoms. The van der Waals surface area contributed by atoms with Gasteiger partial charge in [-0.2, -0.15) is 0 Å². The third kappa shape index (κ3) is 2.74. The van der Waals surface area contributed by atoms with Crippen molar-refractivity contribution in [1.29, 1.82) is 0 Å². The van der Waals surface area contributed by atoms with Gasteiger partial charge >= 0.3 is 0 Å². The van der Waals surface area contributed by atoms with Crippen molar-refractivity contribution in [3.05, 3.63) is 28.2 Å². The van der Waals surface area contributed by atoms with Crippen LogP contribution in [0.5, 0.6) is 0 Å². The summed E-state index contributed by atoms with van der Waals surface area (Å²) in [5.74, 6) is 1.16. The van der Waals surface area contributed by atoms with Gasteiger partial charge in [-0.15, -0.1) is 0 Å². The van der Waals surface area contributed by atoms with Gasteiger partial charge in [0.15, 0.2) is 0 Å². The van der Waals surface area contributed by atoms with Crippen LogP contribution in [0.4, 0.5) is 4.39 Å². The Hall–Kier alpha value is -0.900. The molecule has 18 heavy (non-hydrogen) atoms. The first-order chi connectivity index (χ1) is 8.27. The molecule has 0 saturated heterocycles. The van der Waals surface area contributed by atoms with E-state index in [0.717, 1.165) is 23.3 Å². The van der Waals surface area contributed by atoms with Crippen LogP contribution in [0, 0.1) is 17.2 Å². The molecular formula is C14H18BrFN2. The molecule has 2 aromatic rings. The van der Waals surface area contributed by atoms with Gasteiger partial charge in [-0.05, 0) is 33.3 Å². The Bertz CT molecular complexity index is 530. The van der Waals surface area contributed by atoms with Crippen LogP contribution >= 0.6 is 15.9 Å². The predicted octanol–water partition coefficient (Wildman–Crippen LogP) is 4.69. The van der Waals surface area contributed by atoms with Gasteiger partial charge in [-0.25, -0.2) is 9.37 Å². The minimum Gasteiger partial charge on any atom is -0.342 e. The largest absolute Gasteiger partial charge is 0.342 e. The molecule has 0 aliphatic carbocycles. The predicted molar refractivity (Wildman–Crippen MR) is 76.1 cm³/mol. The molecule has 0 radical (unpaired) electrons. The maximum absolute atomic E-state index is 13.4. The van der Waals surface area contributed by atoms with E-state index in [0.29, 0.717) is 10.4 Å². The molecule has 4 heteroatoms. The average molecular weight is 313 g/mol. The van der Waals surface area contributed by atoms with Crippen LogP contribution in [0.3, 0.4) is 0 Å². The lowest BCUT2D eigenvalue weighted by Crippen LogP contribution is -2.19. The lowest BCUT2D eigenvalue weighted by Gasteiger charge is -2.26. The number of hydrogen-bond donors (Lipinski definition) is 1. The zero-order valence-corrected chi connectivity index (χ0v) is 12.7. The molecule has 1 atom stereocenters. The fraction of sp³-hybridized carbons (Fsp3) is 0.500. The van der Waals surface area contributed by atoms with Crippen molar-refractivity contribution < 1.29 is 4.39 Å². The van der Waals surface area contributed by atoms with E-state index in [-0.39, 0.29) is 11.2 Å². The Balaban J connectivity index is 2.31. The van der Waals surface area contributed by atoms with Crippen LogP contribution in [-0.2, 0) is 6.42 Å². The number of hydrogen-bond acceptors (Lipinski definition) is 1. The molecule has 0 spiro atoms. The lowest BCUT2D eigenvalue weighted by molar-refractivity contribution is 0.257. The molecule has 0 aliphatic rings. The van der Waals surface area contributed by atoms with Gasteiger partial charge in [0.2, 0.25) is 0 Å². The molecule has 1 unspecified atom stereocenters. The van der Waals surface area contributed by atoms with Gasteiger partial charge in [0.25, 0.3) is 0 Å². The van der Waals surface area contributed by atoms with Crippen LogP contribution < -0.4 is 0 Å². The first-order valence-corrected chi connectivity index (χ1v) is 6.90. The summed E-state index contributed by atoms with van der Waals surface area (Å²) in [6.45, 7) is 8.87. The van der Waals surface area contributed by atoms with Crippen LogP contribution in [0.25, 0.3) is 11.0 Å². The van der Waals surface area contributed by atoms with Crippen molar-refractivity contribution in [2.24, 2.45) is 11.3 Å². The Morgan fingerprint density at radius 3 is 2.67 bits per heavy atom. The Labute approximate surface area is 115 Å². The summed E-state index contributed by atoms with van der Waals surface area (Å²) in [4.78, 5) is 7.71. The number of benzene rings is 1. The average Bonchev–Trinajstić information content (AvgIpc) is 2.59. The lowest BCUT2D eigenvalue weighted by atomic mass is 9.80. The van der Waals surface area contributed by atoms with Gasteiger partial charge in [0.05, 0.1) is 15.5 Å². The number of halogens is 2. The maximum atomic E-state index is 13.4. The van der Waals surface area contributed by atoms with Crippen LogP contribution in [0.2, 0.25) is 0 Å². The monoisotopic (exact) mass is 312 g/mol. The molecule has 2 nitrogen and oxygen atoms in total.